The van der Waals surface area contributed by atoms with Crippen LogP contribution in [-0.4, -0.2) is 4.98 Å². The lowest BCUT2D eigenvalue weighted by Crippen LogP contribution is -2.01. The van der Waals surface area contributed by atoms with Gasteiger partial charge in [-0.25, -0.2) is 13.8 Å². The van der Waals surface area contributed by atoms with Gasteiger partial charge in [-0.2, -0.15) is 0 Å². The van der Waals surface area contributed by atoms with Gasteiger partial charge in [-0.1, -0.05) is 17.2 Å². The lowest BCUT2D eigenvalue weighted by molar-refractivity contribution is 0.489. The van der Waals surface area contributed by atoms with E-state index in [1.165, 1.54) is 23.5 Å². The number of thiazole rings is 1. The molecule has 0 radical (unpaired) electrons. The van der Waals surface area contributed by atoms with Gasteiger partial charge in [0.1, 0.15) is 0 Å². The van der Waals surface area contributed by atoms with E-state index in [4.69, 9.17) is 11.3 Å². The minimum atomic E-state index is -0.965. The molecule has 0 fully saturated rings. The Morgan fingerprint density at radius 1 is 1.25 bits per heavy atom. The second kappa shape index (κ2) is 6.31. The molecule has 104 valence electrons. The Bertz CT molecular complexity index is 664. The molecule has 0 atom stereocenters. The van der Waals surface area contributed by atoms with Crippen molar-refractivity contribution >= 4 is 16.5 Å². The molecule has 0 unspecified atom stereocenters. The Hall–Kier alpha value is -2.18. The van der Waals surface area contributed by atoms with Crippen LogP contribution in [0.25, 0.3) is 10.4 Å². The highest BCUT2D eigenvalue weighted by Crippen LogP contribution is 2.20. The van der Waals surface area contributed by atoms with Gasteiger partial charge >= 0.3 is 0 Å². The zero-order valence-electron chi connectivity index (χ0n) is 10.4. The first kappa shape index (κ1) is 14.2. The molecular formula is C12H11F2N5S. The molecule has 0 aliphatic heterocycles. The number of hydrogen-bond acceptors (Lipinski definition) is 4. The molecule has 0 amide bonds. The van der Waals surface area contributed by atoms with Crippen LogP contribution in [0.4, 0.5) is 13.9 Å². The third kappa shape index (κ3) is 3.23. The van der Waals surface area contributed by atoms with Crippen LogP contribution in [-0.2, 0) is 19.4 Å². The number of anilines is 1. The van der Waals surface area contributed by atoms with Gasteiger partial charge in [0, 0.05) is 10.3 Å². The third-order valence-electron chi connectivity index (χ3n) is 2.77. The van der Waals surface area contributed by atoms with Crippen molar-refractivity contribution in [1.29, 1.82) is 0 Å². The number of aryl methyl sites for hydroxylation is 2. The number of halogens is 2. The fraction of sp³-hybridized carbons (Fsp3) is 0.250. The normalized spacial score (nSPS) is 10.3. The summed E-state index contributed by atoms with van der Waals surface area (Å²) >= 11 is 1.31. The highest BCUT2D eigenvalue weighted by atomic mass is 32.1. The van der Waals surface area contributed by atoms with Crippen LogP contribution in [0.3, 0.4) is 0 Å². The summed E-state index contributed by atoms with van der Waals surface area (Å²) in [5.74, 6) is -1.87. The van der Waals surface area contributed by atoms with Crippen molar-refractivity contribution < 1.29 is 8.78 Å². The molecule has 20 heavy (non-hydrogen) atoms. The Labute approximate surface area is 117 Å². The first-order chi connectivity index (χ1) is 9.61. The Balaban J connectivity index is 2.12. The molecule has 0 saturated carbocycles. The maximum atomic E-state index is 13.8. The summed E-state index contributed by atoms with van der Waals surface area (Å²) in [6, 6.07) is 2.92. The number of benzene rings is 1. The average Bonchev–Trinajstić information content (AvgIpc) is 2.85. The number of nitrogens with two attached hydrogens (primary N) is 1. The summed E-state index contributed by atoms with van der Waals surface area (Å²) in [7, 11) is 0. The highest BCUT2D eigenvalue weighted by molar-refractivity contribution is 7.13. The van der Waals surface area contributed by atoms with E-state index < -0.39 is 11.6 Å². The molecule has 0 saturated heterocycles. The molecule has 5 nitrogen and oxygen atoms in total. The topological polar surface area (TPSA) is 87.7 Å². The predicted molar refractivity (Wildman–Crippen MR) is 73.1 cm³/mol. The minimum Gasteiger partial charge on any atom is -0.375 e. The van der Waals surface area contributed by atoms with Gasteiger partial charge in [-0.05, 0) is 29.5 Å². The molecule has 2 aromatic rings. The summed E-state index contributed by atoms with van der Waals surface area (Å²) in [5, 5.41) is 5.47. The number of hydrogen-bond donors (Lipinski definition) is 1. The van der Waals surface area contributed by atoms with Gasteiger partial charge in [0.15, 0.2) is 16.8 Å². The van der Waals surface area contributed by atoms with E-state index in [-0.39, 0.29) is 17.7 Å². The summed E-state index contributed by atoms with van der Waals surface area (Å²) in [6.45, 7) is -0.206. The fourth-order valence-electron chi connectivity index (χ4n) is 1.75. The predicted octanol–water partition coefficient (Wildman–Crippen LogP) is 3.60. The SMILES string of the molecule is [N-]=[N+]=NCc1ccc(CCc2csc(N)n2)c(F)c1F. The van der Waals surface area contributed by atoms with Crippen LogP contribution in [0.15, 0.2) is 22.6 Å². The Morgan fingerprint density at radius 3 is 2.60 bits per heavy atom. The molecule has 2 rings (SSSR count). The van der Waals surface area contributed by atoms with E-state index in [1.54, 1.807) is 5.38 Å². The lowest BCUT2D eigenvalue weighted by atomic mass is 10.0. The molecule has 0 aliphatic carbocycles. The van der Waals surface area contributed by atoms with Crippen LogP contribution < -0.4 is 5.73 Å². The second-order valence-electron chi connectivity index (χ2n) is 4.08. The standard InChI is InChI=1S/C12H11F2N5S/c13-10-7(3-4-9-6-20-12(15)18-9)1-2-8(11(10)14)5-17-19-16/h1-2,6H,3-5H2,(H2,15,18). The smallest absolute Gasteiger partial charge is 0.180 e. The molecule has 1 aromatic heterocycles. The Kier molecular flexibility index (Phi) is 4.49. The molecule has 1 heterocycles. The van der Waals surface area contributed by atoms with E-state index in [9.17, 15) is 8.78 Å². The zero-order valence-corrected chi connectivity index (χ0v) is 11.2. The first-order valence-electron chi connectivity index (χ1n) is 5.78. The Morgan fingerprint density at radius 2 is 1.95 bits per heavy atom. The number of azide groups is 1. The number of rotatable bonds is 5. The number of aromatic nitrogens is 1. The van der Waals surface area contributed by atoms with E-state index in [1.807, 2.05) is 0 Å². The zero-order chi connectivity index (χ0) is 14.5. The van der Waals surface area contributed by atoms with Gasteiger partial charge in [0.25, 0.3) is 0 Å². The summed E-state index contributed by atoms with van der Waals surface area (Å²) in [6.07, 6.45) is 0.813. The van der Waals surface area contributed by atoms with E-state index >= 15 is 0 Å². The van der Waals surface area contributed by atoms with Crippen LogP contribution in [0.1, 0.15) is 16.8 Å². The number of nitrogen functional groups attached to an aromatic ring is 1. The number of nitrogens with zero attached hydrogens (tertiary/aromatic N) is 4. The molecule has 0 aliphatic rings. The lowest BCUT2D eigenvalue weighted by Gasteiger charge is -2.06. The van der Waals surface area contributed by atoms with Crippen molar-refractivity contribution in [2.75, 3.05) is 5.73 Å². The van der Waals surface area contributed by atoms with Crippen LogP contribution in [0.5, 0.6) is 0 Å². The van der Waals surface area contributed by atoms with Crippen molar-refractivity contribution in [1.82, 2.24) is 4.98 Å². The van der Waals surface area contributed by atoms with E-state index in [0.29, 0.717) is 18.0 Å². The summed E-state index contributed by atoms with van der Waals surface area (Å²) < 4.78 is 27.6. The van der Waals surface area contributed by atoms with E-state index in [2.05, 4.69) is 15.0 Å². The van der Waals surface area contributed by atoms with Gasteiger partial charge in [0.05, 0.1) is 12.2 Å². The van der Waals surface area contributed by atoms with Gasteiger partial charge in [-0.3, -0.25) is 0 Å². The second-order valence-corrected chi connectivity index (χ2v) is 4.97. The summed E-state index contributed by atoms with van der Waals surface area (Å²) in [4.78, 5) is 6.58. The van der Waals surface area contributed by atoms with Crippen molar-refractivity contribution in [2.24, 2.45) is 5.11 Å². The maximum absolute atomic E-state index is 13.8. The maximum Gasteiger partial charge on any atom is 0.180 e. The average molecular weight is 295 g/mol. The van der Waals surface area contributed by atoms with Crippen LogP contribution in [0, 0.1) is 11.6 Å². The van der Waals surface area contributed by atoms with Crippen LogP contribution >= 0.6 is 11.3 Å². The largest absolute Gasteiger partial charge is 0.375 e. The van der Waals surface area contributed by atoms with Gasteiger partial charge in [-0.15, -0.1) is 11.3 Å². The fourth-order valence-corrected chi connectivity index (χ4v) is 2.35. The van der Waals surface area contributed by atoms with E-state index in [0.717, 1.165) is 5.69 Å². The van der Waals surface area contributed by atoms with Crippen LogP contribution in [0.2, 0.25) is 0 Å². The van der Waals surface area contributed by atoms with Crippen molar-refractivity contribution in [3.8, 4) is 0 Å². The van der Waals surface area contributed by atoms with Crippen molar-refractivity contribution in [2.45, 2.75) is 19.4 Å². The third-order valence-corrected chi connectivity index (χ3v) is 3.49. The van der Waals surface area contributed by atoms with Crippen molar-refractivity contribution in [3.05, 3.63) is 56.4 Å². The molecule has 2 N–H and O–H groups in total. The molecular weight excluding hydrogens is 284 g/mol. The molecule has 1 aromatic carbocycles. The molecule has 0 spiro atoms. The molecule has 0 bridgehead atoms. The van der Waals surface area contributed by atoms with Gasteiger partial charge < -0.3 is 5.73 Å². The highest BCUT2D eigenvalue weighted by Gasteiger charge is 2.13. The summed E-state index contributed by atoms with van der Waals surface area (Å²) in [5.41, 5.74) is 14.7. The first-order valence-corrected chi connectivity index (χ1v) is 6.66. The van der Waals surface area contributed by atoms with Gasteiger partial charge in [0.2, 0.25) is 0 Å². The monoisotopic (exact) mass is 295 g/mol. The minimum absolute atomic E-state index is 0.0435. The quantitative estimate of drug-likeness (QED) is 0.519. The van der Waals surface area contributed by atoms with Crippen molar-refractivity contribution in [3.63, 3.8) is 0 Å². The molecule has 8 heteroatoms.